The van der Waals surface area contributed by atoms with Gasteiger partial charge >= 0.3 is 0 Å². The Morgan fingerprint density at radius 2 is 1.90 bits per heavy atom. The van der Waals surface area contributed by atoms with Gasteiger partial charge in [0.1, 0.15) is 0 Å². The molecule has 3 unspecified atom stereocenters. The van der Waals surface area contributed by atoms with Crippen LogP contribution in [-0.2, 0) is 4.79 Å². The van der Waals surface area contributed by atoms with Crippen molar-refractivity contribution in [3.8, 4) is 0 Å². The highest BCUT2D eigenvalue weighted by atomic mass is 16.3. The third kappa shape index (κ3) is 3.95. The highest BCUT2D eigenvalue weighted by molar-refractivity contribution is 5.80. The van der Waals surface area contributed by atoms with Crippen LogP contribution in [0.25, 0.3) is 0 Å². The van der Waals surface area contributed by atoms with Crippen LogP contribution >= 0.6 is 0 Å². The smallest absolute Gasteiger partial charge is 0.225 e. The van der Waals surface area contributed by atoms with Gasteiger partial charge < -0.3 is 16.2 Å². The van der Waals surface area contributed by atoms with Crippen molar-refractivity contribution < 1.29 is 9.90 Å². The first kappa shape index (κ1) is 15.8. The minimum atomic E-state index is -0.396. The largest absolute Gasteiger partial charge is 0.391 e. The normalized spacial score (nSPS) is 33.6. The minimum Gasteiger partial charge on any atom is -0.391 e. The average Bonchev–Trinajstić information content (AvgIpc) is 2.45. The van der Waals surface area contributed by atoms with E-state index >= 15 is 0 Å². The lowest BCUT2D eigenvalue weighted by molar-refractivity contribution is -0.128. The molecule has 2 fully saturated rings. The number of carbonyl (C=O) groups excluding carboxylic acids is 1. The molecule has 0 spiro atoms. The first-order valence-electron chi connectivity index (χ1n) is 8.25. The Kier molecular flexibility index (Phi) is 5.44. The SMILES string of the molecule is CC1(N)CCCCC1C(=O)NCC(O)C1CCCCC1. The van der Waals surface area contributed by atoms with Crippen molar-refractivity contribution in [3.63, 3.8) is 0 Å². The summed E-state index contributed by atoms with van der Waals surface area (Å²) in [7, 11) is 0. The maximum absolute atomic E-state index is 12.3. The number of carbonyl (C=O) groups is 1. The zero-order chi connectivity index (χ0) is 14.6. The lowest BCUT2D eigenvalue weighted by Crippen LogP contribution is -2.53. The molecule has 4 N–H and O–H groups in total. The summed E-state index contributed by atoms with van der Waals surface area (Å²) in [6.45, 7) is 2.37. The van der Waals surface area contributed by atoms with Gasteiger partial charge in [-0.2, -0.15) is 0 Å². The van der Waals surface area contributed by atoms with Crippen molar-refractivity contribution in [3.05, 3.63) is 0 Å². The molecule has 20 heavy (non-hydrogen) atoms. The van der Waals surface area contributed by atoms with Crippen molar-refractivity contribution in [1.82, 2.24) is 5.32 Å². The molecular weight excluding hydrogens is 252 g/mol. The van der Waals surface area contributed by atoms with Crippen LogP contribution in [-0.4, -0.2) is 29.2 Å². The summed E-state index contributed by atoms with van der Waals surface area (Å²) < 4.78 is 0. The first-order valence-corrected chi connectivity index (χ1v) is 8.25. The molecule has 0 aromatic rings. The second-order valence-corrected chi connectivity index (χ2v) is 7.01. The Bertz CT molecular complexity index is 324. The molecule has 116 valence electrons. The number of amides is 1. The molecule has 4 heteroatoms. The van der Waals surface area contributed by atoms with Crippen LogP contribution in [0.5, 0.6) is 0 Å². The number of nitrogens with two attached hydrogens (primary N) is 1. The van der Waals surface area contributed by atoms with Gasteiger partial charge in [-0.05, 0) is 38.5 Å². The molecule has 0 saturated heterocycles. The van der Waals surface area contributed by atoms with E-state index in [9.17, 15) is 9.90 Å². The van der Waals surface area contributed by atoms with E-state index in [1.165, 1.54) is 19.3 Å². The van der Waals surface area contributed by atoms with Crippen molar-refractivity contribution in [2.45, 2.75) is 76.4 Å². The van der Waals surface area contributed by atoms with Gasteiger partial charge in [-0.1, -0.05) is 32.1 Å². The van der Waals surface area contributed by atoms with Crippen molar-refractivity contribution in [2.75, 3.05) is 6.54 Å². The van der Waals surface area contributed by atoms with Gasteiger partial charge in [0.15, 0.2) is 0 Å². The van der Waals surface area contributed by atoms with Gasteiger partial charge in [-0.3, -0.25) is 4.79 Å². The Balaban J connectivity index is 1.79. The lowest BCUT2D eigenvalue weighted by Gasteiger charge is -2.37. The summed E-state index contributed by atoms with van der Waals surface area (Å²) in [6.07, 6.45) is 9.46. The van der Waals surface area contributed by atoms with Gasteiger partial charge in [0.25, 0.3) is 0 Å². The molecule has 2 saturated carbocycles. The molecule has 0 aliphatic heterocycles. The Morgan fingerprint density at radius 1 is 1.25 bits per heavy atom. The van der Waals surface area contributed by atoms with Gasteiger partial charge in [0.05, 0.1) is 12.0 Å². The van der Waals surface area contributed by atoms with Crippen LogP contribution in [0.2, 0.25) is 0 Å². The fourth-order valence-electron chi connectivity index (χ4n) is 3.80. The van der Waals surface area contributed by atoms with E-state index in [2.05, 4.69) is 5.32 Å². The summed E-state index contributed by atoms with van der Waals surface area (Å²) in [5.41, 5.74) is 5.86. The molecule has 0 aromatic heterocycles. The summed E-state index contributed by atoms with van der Waals surface area (Å²) in [5.74, 6) is 0.291. The Hall–Kier alpha value is -0.610. The van der Waals surface area contributed by atoms with Gasteiger partial charge in [0, 0.05) is 12.1 Å². The Morgan fingerprint density at radius 3 is 2.55 bits per heavy atom. The second-order valence-electron chi connectivity index (χ2n) is 7.01. The van der Waals surface area contributed by atoms with Crippen LogP contribution in [0.1, 0.15) is 64.7 Å². The van der Waals surface area contributed by atoms with Crippen LogP contribution < -0.4 is 11.1 Å². The third-order valence-corrected chi connectivity index (χ3v) is 5.25. The summed E-state index contributed by atoms with van der Waals surface area (Å²) >= 11 is 0. The first-order chi connectivity index (χ1) is 9.50. The van der Waals surface area contributed by atoms with Crippen molar-refractivity contribution in [1.29, 1.82) is 0 Å². The molecule has 2 aliphatic rings. The van der Waals surface area contributed by atoms with E-state index in [0.29, 0.717) is 12.5 Å². The number of nitrogens with one attached hydrogen (secondary N) is 1. The van der Waals surface area contributed by atoms with E-state index in [4.69, 9.17) is 5.73 Å². The van der Waals surface area contributed by atoms with E-state index in [0.717, 1.165) is 38.5 Å². The number of hydrogen-bond acceptors (Lipinski definition) is 3. The van der Waals surface area contributed by atoms with Crippen LogP contribution in [0, 0.1) is 11.8 Å². The predicted octanol–water partition coefficient (Wildman–Crippen LogP) is 1.95. The number of hydrogen-bond donors (Lipinski definition) is 3. The number of rotatable bonds is 4. The topological polar surface area (TPSA) is 75.4 Å². The molecule has 0 bridgehead atoms. The summed E-state index contributed by atoms with van der Waals surface area (Å²) in [5, 5.41) is 13.1. The lowest BCUT2D eigenvalue weighted by atomic mass is 9.74. The summed E-state index contributed by atoms with van der Waals surface area (Å²) in [6, 6.07) is 0. The van der Waals surface area contributed by atoms with Crippen molar-refractivity contribution in [2.24, 2.45) is 17.6 Å². The quantitative estimate of drug-likeness (QED) is 0.737. The van der Waals surface area contributed by atoms with Crippen LogP contribution in [0.15, 0.2) is 0 Å². The molecule has 1 amide bonds. The van der Waals surface area contributed by atoms with E-state index in [1.807, 2.05) is 6.92 Å². The second kappa shape index (κ2) is 6.90. The molecule has 0 radical (unpaired) electrons. The monoisotopic (exact) mass is 282 g/mol. The van der Waals surface area contributed by atoms with Crippen LogP contribution in [0.4, 0.5) is 0 Å². The van der Waals surface area contributed by atoms with Crippen molar-refractivity contribution >= 4 is 5.91 Å². The molecule has 3 atom stereocenters. The van der Waals surface area contributed by atoms with Gasteiger partial charge in [-0.15, -0.1) is 0 Å². The molecular formula is C16H30N2O2. The zero-order valence-corrected chi connectivity index (χ0v) is 12.7. The zero-order valence-electron chi connectivity index (χ0n) is 12.7. The maximum Gasteiger partial charge on any atom is 0.225 e. The fourth-order valence-corrected chi connectivity index (χ4v) is 3.80. The standard InChI is InChI=1S/C16H30N2O2/c1-16(17)10-6-5-9-13(16)15(20)18-11-14(19)12-7-3-2-4-8-12/h12-14,19H,2-11,17H2,1H3,(H,18,20). The maximum atomic E-state index is 12.3. The third-order valence-electron chi connectivity index (χ3n) is 5.25. The predicted molar refractivity (Wildman–Crippen MR) is 80.1 cm³/mol. The van der Waals surface area contributed by atoms with E-state index in [1.54, 1.807) is 0 Å². The Labute approximate surface area is 122 Å². The molecule has 2 aliphatic carbocycles. The van der Waals surface area contributed by atoms with Gasteiger partial charge in [0.2, 0.25) is 5.91 Å². The highest BCUT2D eigenvalue weighted by Gasteiger charge is 2.37. The molecule has 0 heterocycles. The molecule has 4 nitrogen and oxygen atoms in total. The van der Waals surface area contributed by atoms with E-state index in [-0.39, 0.29) is 11.8 Å². The molecule has 0 aromatic carbocycles. The minimum absolute atomic E-state index is 0.0320. The number of aliphatic hydroxyl groups is 1. The summed E-state index contributed by atoms with van der Waals surface area (Å²) in [4.78, 5) is 12.3. The van der Waals surface area contributed by atoms with Gasteiger partial charge in [-0.25, -0.2) is 0 Å². The average molecular weight is 282 g/mol. The highest BCUT2D eigenvalue weighted by Crippen LogP contribution is 2.32. The van der Waals surface area contributed by atoms with E-state index < -0.39 is 11.6 Å². The van der Waals surface area contributed by atoms with Crippen LogP contribution in [0.3, 0.4) is 0 Å². The fraction of sp³-hybridized carbons (Fsp3) is 0.938. The molecule has 2 rings (SSSR count). The number of aliphatic hydroxyl groups excluding tert-OH is 1.